The second kappa shape index (κ2) is 7.81. The van der Waals surface area contributed by atoms with Gasteiger partial charge in [0.15, 0.2) is 0 Å². The molecule has 1 unspecified atom stereocenters. The molecule has 6 heteroatoms. The number of rotatable bonds is 7. The highest BCUT2D eigenvalue weighted by Gasteiger charge is 2.26. The van der Waals surface area contributed by atoms with Crippen molar-refractivity contribution in [3.8, 4) is 0 Å². The molecule has 5 nitrogen and oxygen atoms in total. The third-order valence-electron chi connectivity index (χ3n) is 3.76. The van der Waals surface area contributed by atoms with Crippen molar-refractivity contribution in [1.29, 1.82) is 0 Å². The molecular weight excluding hydrogens is 320 g/mol. The first-order valence-corrected chi connectivity index (χ1v) is 8.51. The Kier molecular flexibility index (Phi) is 5.30. The van der Waals surface area contributed by atoms with Crippen LogP contribution in [0.3, 0.4) is 0 Å². The molecule has 3 rings (SSSR count). The van der Waals surface area contributed by atoms with Gasteiger partial charge in [-0.2, -0.15) is 11.3 Å². The monoisotopic (exact) mass is 338 g/mol. The quantitative estimate of drug-likeness (QED) is 0.719. The lowest BCUT2D eigenvalue weighted by molar-refractivity contribution is -0.124. The third kappa shape index (κ3) is 4.04. The average molecular weight is 338 g/mol. The Hall–Kier alpha value is -2.57. The van der Waals surface area contributed by atoms with Crippen molar-refractivity contribution in [2.24, 2.45) is 5.73 Å². The Morgan fingerprint density at radius 1 is 1.00 bits per heavy atom. The zero-order valence-corrected chi connectivity index (χ0v) is 13.9. The maximum atomic E-state index is 12.2. The first kappa shape index (κ1) is 16.3. The zero-order chi connectivity index (χ0) is 16.8. The number of hydrogen-bond donors (Lipinski definition) is 1. The van der Waals surface area contributed by atoms with Crippen molar-refractivity contribution < 1.29 is 4.79 Å². The summed E-state index contributed by atoms with van der Waals surface area (Å²) in [6.07, 6.45) is 7.02. The molecule has 122 valence electrons. The predicted octanol–water partition coefficient (Wildman–Crippen LogP) is 2.77. The van der Waals surface area contributed by atoms with Crippen LogP contribution in [-0.2, 0) is 17.9 Å². The zero-order valence-electron chi connectivity index (χ0n) is 13.1. The van der Waals surface area contributed by atoms with Gasteiger partial charge >= 0.3 is 0 Å². The van der Waals surface area contributed by atoms with E-state index in [9.17, 15) is 4.79 Å². The van der Waals surface area contributed by atoms with Crippen molar-refractivity contribution >= 4 is 17.2 Å². The van der Waals surface area contributed by atoms with Crippen LogP contribution in [0.4, 0.5) is 0 Å². The molecule has 0 aliphatic rings. The number of primary amides is 1. The number of nitrogens with two attached hydrogens (primary N) is 1. The number of thiophene rings is 1. The van der Waals surface area contributed by atoms with E-state index in [1.807, 2.05) is 41.1 Å². The molecular formula is C18H18N4OS. The lowest BCUT2D eigenvalue weighted by Gasteiger charge is -2.29. The topological polar surface area (TPSA) is 72.1 Å². The van der Waals surface area contributed by atoms with Gasteiger partial charge in [-0.3, -0.25) is 19.7 Å². The van der Waals surface area contributed by atoms with E-state index >= 15 is 0 Å². The van der Waals surface area contributed by atoms with Crippen molar-refractivity contribution in [2.75, 3.05) is 0 Å². The van der Waals surface area contributed by atoms with Gasteiger partial charge in [-0.1, -0.05) is 0 Å². The molecule has 0 saturated heterocycles. The van der Waals surface area contributed by atoms with Crippen LogP contribution in [0.5, 0.6) is 0 Å². The smallest absolute Gasteiger partial charge is 0.239 e. The number of carbonyl (C=O) groups excluding carboxylic acids is 1. The second-order valence-electron chi connectivity index (χ2n) is 5.48. The summed E-state index contributed by atoms with van der Waals surface area (Å²) in [5, 5.41) is 3.93. The fraction of sp³-hybridized carbons (Fsp3) is 0.167. The molecule has 0 fully saturated rings. The fourth-order valence-electron chi connectivity index (χ4n) is 2.67. The van der Waals surface area contributed by atoms with E-state index < -0.39 is 6.04 Å². The van der Waals surface area contributed by atoms with Crippen LogP contribution in [0.15, 0.2) is 65.9 Å². The van der Waals surface area contributed by atoms with E-state index in [1.165, 1.54) is 0 Å². The predicted molar refractivity (Wildman–Crippen MR) is 94.0 cm³/mol. The molecule has 0 bridgehead atoms. The number of carbonyl (C=O) groups is 1. The van der Waals surface area contributed by atoms with E-state index in [0.717, 1.165) is 16.7 Å². The molecule has 1 atom stereocenters. The van der Waals surface area contributed by atoms with Crippen LogP contribution >= 0.6 is 11.3 Å². The third-order valence-corrected chi connectivity index (χ3v) is 4.47. The van der Waals surface area contributed by atoms with Crippen LogP contribution in [0.2, 0.25) is 0 Å². The molecule has 0 aromatic carbocycles. The minimum atomic E-state index is -0.474. The first-order chi connectivity index (χ1) is 11.7. The summed E-state index contributed by atoms with van der Waals surface area (Å²) in [7, 11) is 0. The molecule has 3 aromatic heterocycles. The number of pyridine rings is 2. The molecule has 0 aliphatic heterocycles. The SMILES string of the molecule is NC(=O)C(c1ccsc1)N(Cc1ccncc1)Cc1ccncc1. The standard InChI is InChI=1S/C18H18N4OS/c19-18(23)17(16-5-10-24-13-16)22(11-14-1-6-20-7-2-14)12-15-3-8-21-9-4-15/h1-10,13,17H,11-12H2,(H2,19,23). The summed E-state index contributed by atoms with van der Waals surface area (Å²) in [5.74, 6) is -0.350. The summed E-state index contributed by atoms with van der Waals surface area (Å²) in [6, 6.07) is 9.27. The lowest BCUT2D eigenvalue weighted by atomic mass is 10.1. The van der Waals surface area contributed by atoms with Crippen LogP contribution in [0, 0.1) is 0 Å². The van der Waals surface area contributed by atoms with Crippen LogP contribution < -0.4 is 5.73 Å². The largest absolute Gasteiger partial charge is 0.368 e. The maximum Gasteiger partial charge on any atom is 0.239 e. The van der Waals surface area contributed by atoms with Crippen molar-refractivity contribution in [1.82, 2.24) is 14.9 Å². The van der Waals surface area contributed by atoms with Gasteiger partial charge in [0.2, 0.25) is 5.91 Å². The van der Waals surface area contributed by atoms with E-state index in [4.69, 9.17) is 5.73 Å². The number of hydrogen-bond acceptors (Lipinski definition) is 5. The van der Waals surface area contributed by atoms with Crippen molar-refractivity contribution in [2.45, 2.75) is 19.1 Å². The van der Waals surface area contributed by atoms with Crippen LogP contribution in [0.1, 0.15) is 22.7 Å². The summed E-state index contributed by atoms with van der Waals surface area (Å²) in [6.45, 7) is 1.21. The number of aromatic nitrogens is 2. The van der Waals surface area contributed by atoms with E-state index in [0.29, 0.717) is 13.1 Å². The number of nitrogens with zero attached hydrogens (tertiary/aromatic N) is 3. The lowest BCUT2D eigenvalue weighted by Crippen LogP contribution is -2.37. The summed E-state index contributed by atoms with van der Waals surface area (Å²) in [5.41, 5.74) is 8.83. The van der Waals surface area contributed by atoms with Crippen molar-refractivity contribution in [3.05, 3.63) is 82.6 Å². The highest BCUT2D eigenvalue weighted by molar-refractivity contribution is 7.08. The van der Waals surface area contributed by atoms with Gasteiger partial charge in [-0.25, -0.2) is 0 Å². The first-order valence-electron chi connectivity index (χ1n) is 7.57. The Morgan fingerprint density at radius 2 is 1.54 bits per heavy atom. The van der Waals surface area contributed by atoms with Gasteiger partial charge < -0.3 is 5.73 Å². The van der Waals surface area contributed by atoms with Crippen LogP contribution in [0.25, 0.3) is 0 Å². The van der Waals surface area contributed by atoms with Gasteiger partial charge in [0.25, 0.3) is 0 Å². The molecule has 2 N–H and O–H groups in total. The summed E-state index contributed by atoms with van der Waals surface area (Å²) in [4.78, 5) is 22.4. The minimum Gasteiger partial charge on any atom is -0.368 e. The summed E-state index contributed by atoms with van der Waals surface area (Å²) >= 11 is 1.56. The van der Waals surface area contributed by atoms with Gasteiger partial charge in [0, 0.05) is 37.9 Å². The highest BCUT2D eigenvalue weighted by Crippen LogP contribution is 2.26. The van der Waals surface area contributed by atoms with E-state index in [1.54, 1.807) is 36.1 Å². The molecule has 0 spiro atoms. The molecule has 0 aliphatic carbocycles. The minimum absolute atomic E-state index is 0.350. The summed E-state index contributed by atoms with van der Waals surface area (Å²) < 4.78 is 0. The Morgan fingerprint density at radius 3 is 1.96 bits per heavy atom. The van der Waals surface area contributed by atoms with Crippen LogP contribution in [-0.4, -0.2) is 20.8 Å². The molecule has 3 aromatic rings. The van der Waals surface area contributed by atoms with Gasteiger partial charge in [-0.15, -0.1) is 0 Å². The molecule has 1 amide bonds. The van der Waals surface area contributed by atoms with Gasteiger partial charge in [0.1, 0.15) is 6.04 Å². The van der Waals surface area contributed by atoms with Crippen molar-refractivity contribution in [3.63, 3.8) is 0 Å². The fourth-order valence-corrected chi connectivity index (χ4v) is 3.35. The Balaban J connectivity index is 1.92. The van der Waals surface area contributed by atoms with E-state index in [-0.39, 0.29) is 5.91 Å². The number of amides is 1. The Bertz CT molecular complexity index is 721. The average Bonchev–Trinajstić information content (AvgIpc) is 3.10. The molecule has 24 heavy (non-hydrogen) atoms. The Labute approximate surface area is 144 Å². The second-order valence-corrected chi connectivity index (χ2v) is 6.26. The normalized spacial score (nSPS) is 12.2. The van der Waals surface area contributed by atoms with Gasteiger partial charge in [-0.05, 0) is 57.8 Å². The highest BCUT2D eigenvalue weighted by atomic mass is 32.1. The van der Waals surface area contributed by atoms with Gasteiger partial charge in [0.05, 0.1) is 0 Å². The molecule has 3 heterocycles. The molecule has 0 radical (unpaired) electrons. The maximum absolute atomic E-state index is 12.2. The molecule has 0 saturated carbocycles. The van der Waals surface area contributed by atoms with E-state index in [2.05, 4.69) is 14.9 Å².